The molecule has 1 heterocycles. The quantitative estimate of drug-likeness (QED) is 0.489. The fraction of sp³-hybridized carbons (Fsp3) is 0. The highest BCUT2D eigenvalue weighted by atomic mass is 35.5. The number of halogens is 2. The number of hydrogen-bond donors (Lipinski definition) is 0. The van der Waals surface area contributed by atoms with Crippen LogP contribution >= 0.6 is 35.0 Å². The average Bonchev–Trinajstić information content (AvgIpc) is 2.30. The van der Waals surface area contributed by atoms with Crippen LogP contribution in [0.25, 0.3) is 0 Å². The third kappa shape index (κ3) is 2.97. The summed E-state index contributed by atoms with van der Waals surface area (Å²) in [4.78, 5) is 19.6. The lowest BCUT2D eigenvalue weighted by Crippen LogP contribution is -1.95. The molecule has 0 atom stereocenters. The van der Waals surface area contributed by atoms with E-state index in [0.29, 0.717) is 11.3 Å². The van der Waals surface area contributed by atoms with Crippen LogP contribution in [0, 0.1) is 0 Å². The first-order valence-corrected chi connectivity index (χ1v) is 6.19. The maximum absolute atomic E-state index is 10.9. The van der Waals surface area contributed by atoms with Gasteiger partial charge < -0.3 is 0 Å². The van der Waals surface area contributed by atoms with Crippen molar-refractivity contribution in [1.29, 1.82) is 0 Å². The molecule has 0 unspecified atom stereocenters. The van der Waals surface area contributed by atoms with Crippen LogP contribution in [0.1, 0.15) is 10.4 Å². The molecule has 0 fully saturated rings. The molecule has 0 spiro atoms. The van der Waals surface area contributed by atoms with E-state index < -0.39 is 0 Å². The van der Waals surface area contributed by atoms with Gasteiger partial charge in [-0.2, -0.15) is 0 Å². The first kappa shape index (κ1) is 12.4. The molecule has 1 aromatic heterocycles. The molecule has 1 aromatic carbocycles. The largest absolute Gasteiger partial charge is 0.298 e. The molecule has 0 aliphatic heterocycles. The summed E-state index contributed by atoms with van der Waals surface area (Å²) < 4.78 is 0. The molecule has 0 amide bonds. The molecule has 86 valence electrons. The van der Waals surface area contributed by atoms with Crippen molar-refractivity contribution >= 4 is 41.2 Å². The van der Waals surface area contributed by atoms with Crippen molar-refractivity contribution in [2.24, 2.45) is 0 Å². The molecule has 2 aromatic rings. The number of hydrogen-bond acceptors (Lipinski definition) is 4. The lowest BCUT2D eigenvalue weighted by Gasteiger charge is -2.05. The van der Waals surface area contributed by atoms with Crippen LogP contribution in [0.15, 0.2) is 40.3 Å². The van der Waals surface area contributed by atoms with Crippen molar-refractivity contribution in [3.05, 3.63) is 46.3 Å². The molecule has 6 heteroatoms. The molecule has 0 saturated carbocycles. The van der Waals surface area contributed by atoms with E-state index in [-0.39, 0.29) is 16.0 Å². The maximum atomic E-state index is 10.9. The smallest absolute Gasteiger partial charge is 0.224 e. The Hall–Kier alpha value is -1.10. The summed E-state index contributed by atoms with van der Waals surface area (Å²) in [5.41, 5.74) is 0.255. The van der Waals surface area contributed by atoms with Crippen LogP contribution in [0.4, 0.5) is 0 Å². The van der Waals surface area contributed by atoms with Gasteiger partial charge in [0, 0.05) is 4.90 Å². The highest BCUT2D eigenvalue weighted by Crippen LogP contribution is 2.31. The van der Waals surface area contributed by atoms with E-state index >= 15 is 0 Å². The Morgan fingerprint density at radius 3 is 2.47 bits per heavy atom. The van der Waals surface area contributed by atoms with E-state index in [1.807, 2.05) is 30.3 Å². The summed E-state index contributed by atoms with van der Waals surface area (Å²) in [6.07, 6.45) is 0.629. The molecular weight excluding hydrogens is 279 g/mol. The fourth-order valence-electron chi connectivity index (χ4n) is 1.18. The Labute approximate surface area is 112 Å². The summed E-state index contributed by atoms with van der Waals surface area (Å²) in [5.74, 6) is 0. The highest BCUT2D eigenvalue weighted by Gasteiger charge is 2.12. The van der Waals surface area contributed by atoms with Gasteiger partial charge in [-0.3, -0.25) is 4.79 Å². The third-order valence-electron chi connectivity index (χ3n) is 1.91. The third-order valence-corrected chi connectivity index (χ3v) is 3.38. The minimum absolute atomic E-state index is 0.0269. The van der Waals surface area contributed by atoms with E-state index in [2.05, 4.69) is 9.97 Å². The Morgan fingerprint density at radius 2 is 1.82 bits per heavy atom. The van der Waals surface area contributed by atoms with Crippen molar-refractivity contribution in [3.63, 3.8) is 0 Å². The zero-order valence-electron chi connectivity index (χ0n) is 8.43. The number of nitrogens with zero attached hydrogens (tertiary/aromatic N) is 2. The van der Waals surface area contributed by atoms with Crippen molar-refractivity contribution in [1.82, 2.24) is 9.97 Å². The summed E-state index contributed by atoms with van der Waals surface area (Å²) in [6.45, 7) is 0. The number of carbonyl (C=O) groups is 1. The van der Waals surface area contributed by atoms with Gasteiger partial charge in [0.1, 0.15) is 10.2 Å². The van der Waals surface area contributed by atoms with Crippen molar-refractivity contribution in [2.45, 2.75) is 9.92 Å². The molecule has 0 aliphatic carbocycles. The summed E-state index contributed by atoms with van der Waals surface area (Å²) in [7, 11) is 0. The normalized spacial score (nSPS) is 10.2. The molecule has 3 nitrogen and oxygen atoms in total. The monoisotopic (exact) mass is 284 g/mol. The predicted octanol–water partition coefficient (Wildman–Crippen LogP) is 3.75. The van der Waals surface area contributed by atoms with E-state index in [4.69, 9.17) is 23.2 Å². The van der Waals surface area contributed by atoms with E-state index in [1.54, 1.807) is 0 Å². The molecule has 0 bridgehead atoms. The van der Waals surface area contributed by atoms with Gasteiger partial charge in [-0.1, -0.05) is 41.6 Å². The van der Waals surface area contributed by atoms with Gasteiger partial charge in [0.25, 0.3) is 0 Å². The average molecular weight is 285 g/mol. The zero-order chi connectivity index (χ0) is 12.3. The number of benzene rings is 1. The van der Waals surface area contributed by atoms with Gasteiger partial charge in [-0.15, -0.1) is 0 Å². The summed E-state index contributed by atoms with van der Waals surface area (Å²) >= 11 is 12.8. The van der Waals surface area contributed by atoms with E-state index in [1.165, 1.54) is 11.8 Å². The first-order chi connectivity index (χ1) is 8.20. The molecule has 0 aliphatic rings. The van der Waals surface area contributed by atoms with Crippen LogP contribution in [0.5, 0.6) is 0 Å². The molecule has 0 radical (unpaired) electrons. The first-order valence-electron chi connectivity index (χ1n) is 4.62. The summed E-state index contributed by atoms with van der Waals surface area (Å²) in [6, 6.07) is 9.51. The summed E-state index contributed by atoms with van der Waals surface area (Å²) in [5, 5.41) is 0.550. The number of rotatable bonds is 3. The van der Waals surface area contributed by atoms with Gasteiger partial charge in [0.2, 0.25) is 5.28 Å². The lowest BCUT2D eigenvalue weighted by molar-refractivity contribution is 0.112. The predicted molar refractivity (Wildman–Crippen MR) is 68.0 cm³/mol. The van der Waals surface area contributed by atoms with Gasteiger partial charge in [-0.05, 0) is 23.7 Å². The Morgan fingerprint density at radius 1 is 1.12 bits per heavy atom. The van der Waals surface area contributed by atoms with Gasteiger partial charge in [-0.25, -0.2) is 9.97 Å². The molecule has 0 saturated heterocycles. The standard InChI is InChI=1S/C11H6Cl2N2OS/c12-9-8(6-16)10(15-11(13)14-9)17-7-4-2-1-3-5-7/h1-6H. The Kier molecular flexibility index (Phi) is 3.99. The van der Waals surface area contributed by atoms with Crippen LogP contribution in [0.2, 0.25) is 10.4 Å². The van der Waals surface area contributed by atoms with Crippen molar-refractivity contribution < 1.29 is 4.79 Å². The molecule has 2 rings (SSSR count). The SMILES string of the molecule is O=Cc1c(Cl)nc(Cl)nc1Sc1ccccc1. The molecule has 0 N–H and O–H groups in total. The van der Waals surface area contributed by atoms with Gasteiger partial charge in [0.15, 0.2) is 6.29 Å². The van der Waals surface area contributed by atoms with Gasteiger partial charge >= 0.3 is 0 Å². The molecule has 17 heavy (non-hydrogen) atoms. The minimum Gasteiger partial charge on any atom is -0.298 e. The Bertz CT molecular complexity index is 549. The second-order valence-electron chi connectivity index (χ2n) is 3.04. The second kappa shape index (κ2) is 5.49. The van der Waals surface area contributed by atoms with Crippen molar-refractivity contribution in [3.8, 4) is 0 Å². The van der Waals surface area contributed by atoms with Crippen LogP contribution in [0.3, 0.4) is 0 Å². The van der Waals surface area contributed by atoms with Crippen LogP contribution in [-0.2, 0) is 0 Å². The van der Waals surface area contributed by atoms with Crippen LogP contribution in [-0.4, -0.2) is 16.3 Å². The number of aldehydes is 1. The fourth-order valence-corrected chi connectivity index (χ4v) is 2.61. The highest BCUT2D eigenvalue weighted by molar-refractivity contribution is 7.99. The number of aromatic nitrogens is 2. The maximum Gasteiger partial charge on any atom is 0.224 e. The molecular formula is C11H6Cl2N2OS. The Balaban J connectivity index is 2.41. The zero-order valence-corrected chi connectivity index (χ0v) is 10.8. The minimum atomic E-state index is 0.0269. The van der Waals surface area contributed by atoms with Crippen molar-refractivity contribution in [2.75, 3.05) is 0 Å². The van der Waals surface area contributed by atoms with Crippen LogP contribution < -0.4 is 0 Å². The second-order valence-corrected chi connectivity index (χ2v) is 4.79. The van der Waals surface area contributed by atoms with E-state index in [9.17, 15) is 4.79 Å². The lowest BCUT2D eigenvalue weighted by atomic mass is 10.4. The van der Waals surface area contributed by atoms with Gasteiger partial charge in [0.05, 0.1) is 5.56 Å². The van der Waals surface area contributed by atoms with E-state index in [0.717, 1.165) is 4.90 Å². The number of carbonyl (C=O) groups excluding carboxylic acids is 1. The topological polar surface area (TPSA) is 42.9 Å².